The molecule has 0 bridgehead atoms. The van der Waals surface area contributed by atoms with Crippen molar-refractivity contribution >= 4 is 12.0 Å². The van der Waals surface area contributed by atoms with Crippen molar-refractivity contribution in [3.63, 3.8) is 0 Å². The van der Waals surface area contributed by atoms with E-state index in [1.807, 2.05) is 6.07 Å². The summed E-state index contributed by atoms with van der Waals surface area (Å²) in [5.74, 6) is 1.22. The normalized spacial score (nSPS) is 23.4. The molecule has 108 valence electrons. The Labute approximate surface area is 118 Å². The fourth-order valence-electron chi connectivity index (χ4n) is 2.36. The van der Waals surface area contributed by atoms with Crippen LogP contribution >= 0.6 is 0 Å². The van der Waals surface area contributed by atoms with Crippen molar-refractivity contribution in [1.29, 1.82) is 0 Å². The zero-order valence-electron chi connectivity index (χ0n) is 11.4. The highest BCUT2D eigenvalue weighted by Gasteiger charge is 2.31. The first-order chi connectivity index (χ1) is 9.81. The Morgan fingerprint density at radius 2 is 2.40 bits per heavy atom. The highest BCUT2D eigenvalue weighted by atomic mass is 16.5. The SMILES string of the molecule is O=C(C=Cc1ccco1)N1CC(OCC2CCOC2)C1. The molecule has 0 radical (unpaired) electrons. The van der Waals surface area contributed by atoms with Crippen LogP contribution in [0.2, 0.25) is 0 Å². The molecule has 5 heteroatoms. The van der Waals surface area contributed by atoms with Crippen molar-refractivity contribution in [2.24, 2.45) is 5.92 Å². The van der Waals surface area contributed by atoms with Gasteiger partial charge < -0.3 is 18.8 Å². The number of furan rings is 1. The zero-order valence-corrected chi connectivity index (χ0v) is 11.4. The Balaban J connectivity index is 1.35. The first-order valence-corrected chi connectivity index (χ1v) is 7.01. The van der Waals surface area contributed by atoms with E-state index in [-0.39, 0.29) is 12.0 Å². The summed E-state index contributed by atoms with van der Waals surface area (Å²) >= 11 is 0. The van der Waals surface area contributed by atoms with Crippen molar-refractivity contribution in [3.05, 3.63) is 30.2 Å². The van der Waals surface area contributed by atoms with Gasteiger partial charge in [0.1, 0.15) is 5.76 Å². The van der Waals surface area contributed by atoms with Crippen molar-refractivity contribution in [2.75, 3.05) is 32.9 Å². The summed E-state index contributed by atoms with van der Waals surface area (Å²) in [6, 6.07) is 3.61. The van der Waals surface area contributed by atoms with E-state index in [0.717, 1.165) is 26.2 Å². The van der Waals surface area contributed by atoms with Gasteiger partial charge in [0.2, 0.25) is 5.91 Å². The van der Waals surface area contributed by atoms with E-state index in [1.54, 1.807) is 29.4 Å². The van der Waals surface area contributed by atoms with Crippen molar-refractivity contribution in [3.8, 4) is 0 Å². The lowest BCUT2D eigenvalue weighted by Gasteiger charge is -2.38. The molecule has 1 aromatic heterocycles. The van der Waals surface area contributed by atoms with Crippen LogP contribution in [0.3, 0.4) is 0 Å². The summed E-state index contributed by atoms with van der Waals surface area (Å²) in [4.78, 5) is 13.6. The third kappa shape index (κ3) is 3.29. The van der Waals surface area contributed by atoms with Gasteiger partial charge >= 0.3 is 0 Å². The number of hydrogen-bond acceptors (Lipinski definition) is 4. The summed E-state index contributed by atoms with van der Waals surface area (Å²) in [6.45, 7) is 3.75. The lowest BCUT2D eigenvalue weighted by atomic mass is 10.1. The first-order valence-electron chi connectivity index (χ1n) is 7.01. The predicted octanol–water partition coefficient (Wildman–Crippen LogP) is 1.56. The number of carbonyl (C=O) groups excluding carboxylic acids is 1. The molecule has 1 unspecified atom stereocenters. The number of amides is 1. The Kier molecular flexibility index (Phi) is 4.18. The maximum absolute atomic E-state index is 11.8. The maximum atomic E-state index is 11.8. The van der Waals surface area contributed by atoms with E-state index in [4.69, 9.17) is 13.9 Å². The third-order valence-electron chi connectivity index (χ3n) is 3.68. The van der Waals surface area contributed by atoms with E-state index >= 15 is 0 Å². The van der Waals surface area contributed by atoms with Crippen LogP contribution in [-0.4, -0.2) is 49.8 Å². The van der Waals surface area contributed by atoms with E-state index in [9.17, 15) is 4.79 Å². The van der Waals surface area contributed by atoms with Crippen molar-refractivity contribution in [1.82, 2.24) is 4.90 Å². The Bertz CT molecular complexity index is 456. The Hall–Kier alpha value is -1.59. The summed E-state index contributed by atoms with van der Waals surface area (Å²) < 4.78 is 16.2. The van der Waals surface area contributed by atoms with Crippen LogP contribution in [0, 0.1) is 5.92 Å². The van der Waals surface area contributed by atoms with Crippen LogP contribution in [0.1, 0.15) is 12.2 Å². The molecule has 0 N–H and O–H groups in total. The van der Waals surface area contributed by atoms with Crippen LogP contribution in [0.15, 0.2) is 28.9 Å². The number of ether oxygens (including phenoxy) is 2. The molecule has 2 aliphatic heterocycles. The summed E-state index contributed by atoms with van der Waals surface area (Å²) in [5.41, 5.74) is 0. The largest absolute Gasteiger partial charge is 0.465 e. The third-order valence-corrected chi connectivity index (χ3v) is 3.68. The van der Waals surface area contributed by atoms with Crippen molar-refractivity contribution < 1.29 is 18.7 Å². The minimum Gasteiger partial charge on any atom is -0.465 e. The lowest BCUT2D eigenvalue weighted by molar-refractivity contribution is -0.140. The van der Waals surface area contributed by atoms with E-state index in [2.05, 4.69) is 0 Å². The second kappa shape index (κ2) is 6.24. The smallest absolute Gasteiger partial charge is 0.246 e. The molecule has 1 atom stereocenters. The molecule has 1 aromatic rings. The molecule has 5 nitrogen and oxygen atoms in total. The highest BCUT2D eigenvalue weighted by molar-refractivity contribution is 5.92. The van der Waals surface area contributed by atoms with Gasteiger partial charge in [0.15, 0.2) is 0 Å². The van der Waals surface area contributed by atoms with E-state index in [1.165, 1.54) is 0 Å². The Morgan fingerprint density at radius 3 is 3.10 bits per heavy atom. The van der Waals surface area contributed by atoms with E-state index in [0.29, 0.717) is 24.8 Å². The molecule has 20 heavy (non-hydrogen) atoms. The minimum atomic E-state index is 0.00505. The number of nitrogens with zero attached hydrogens (tertiary/aromatic N) is 1. The standard InChI is InChI=1S/C15H19NO4/c17-15(4-3-13-2-1-6-19-13)16-8-14(9-16)20-11-12-5-7-18-10-12/h1-4,6,12,14H,5,7-11H2. The molecule has 1 amide bonds. The molecule has 3 rings (SSSR count). The number of hydrogen-bond donors (Lipinski definition) is 0. The second-order valence-electron chi connectivity index (χ2n) is 5.28. The van der Waals surface area contributed by atoms with Crippen LogP contribution in [0.25, 0.3) is 6.08 Å². The average Bonchev–Trinajstić information content (AvgIpc) is 3.07. The number of likely N-dealkylation sites (tertiary alicyclic amines) is 1. The predicted molar refractivity (Wildman–Crippen MR) is 73.0 cm³/mol. The second-order valence-corrected chi connectivity index (χ2v) is 5.28. The van der Waals surface area contributed by atoms with Crippen LogP contribution in [0.4, 0.5) is 0 Å². The van der Waals surface area contributed by atoms with Gasteiger partial charge in [-0.25, -0.2) is 0 Å². The van der Waals surface area contributed by atoms with Gasteiger partial charge in [-0.1, -0.05) is 0 Å². The summed E-state index contributed by atoms with van der Waals surface area (Å²) in [7, 11) is 0. The molecule has 3 heterocycles. The molecule has 2 saturated heterocycles. The van der Waals surface area contributed by atoms with Crippen molar-refractivity contribution in [2.45, 2.75) is 12.5 Å². The molecule has 0 aliphatic carbocycles. The highest BCUT2D eigenvalue weighted by Crippen LogP contribution is 2.17. The van der Waals surface area contributed by atoms with Crippen LogP contribution in [0.5, 0.6) is 0 Å². The molecule has 2 aliphatic rings. The summed E-state index contributed by atoms with van der Waals surface area (Å²) in [6.07, 6.45) is 6.08. The lowest BCUT2D eigenvalue weighted by Crippen LogP contribution is -2.54. The molecule has 0 spiro atoms. The minimum absolute atomic E-state index is 0.00505. The Morgan fingerprint density at radius 1 is 1.50 bits per heavy atom. The molecular formula is C15H19NO4. The summed E-state index contributed by atoms with van der Waals surface area (Å²) in [5, 5.41) is 0. The number of carbonyl (C=O) groups is 1. The van der Waals surface area contributed by atoms with Gasteiger partial charge in [-0.2, -0.15) is 0 Å². The fourth-order valence-corrected chi connectivity index (χ4v) is 2.36. The topological polar surface area (TPSA) is 51.9 Å². The van der Waals surface area contributed by atoms with Gasteiger partial charge in [0.25, 0.3) is 0 Å². The van der Waals surface area contributed by atoms with Crippen LogP contribution < -0.4 is 0 Å². The van der Waals surface area contributed by atoms with Gasteiger partial charge in [-0.05, 0) is 24.6 Å². The monoisotopic (exact) mass is 277 g/mol. The fraction of sp³-hybridized carbons (Fsp3) is 0.533. The quantitative estimate of drug-likeness (QED) is 0.766. The van der Waals surface area contributed by atoms with E-state index < -0.39 is 0 Å². The molecular weight excluding hydrogens is 258 g/mol. The van der Waals surface area contributed by atoms with Gasteiger partial charge in [-0.15, -0.1) is 0 Å². The first kappa shape index (κ1) is 13.4. The number of rotatable bonds is 5. The van der Waals surface area contributed by atoms with Gasteiger partial charge in [-0.3, -0.25) is 4.79 Å². The molecule has 0 saturated carbocycles. The average molecular weight is 277 g/mol. The van der Waals surface area contributed by atoms with Gasteiger partial charge in [0.05, 0.1) is 25.6 Å². The maximum Gasteiger partial charge on any atom is 0.246 e. The van der Waals surface area contributed by atoms with Crippen LogP contribution in [-0.2, 0) is 14.3 Å². The molecule has 2 fully saturated rings. The van der Waals surface area contributed by atoms with Gasteiger partial charge in [0, 0.05) is 31.7 Å². The zero-order chi connectivity index (χ0) is 13.8. The molecule has 0 aromatic carbocycles.